The molecule has 0 spiro atoms. The Morgan fingerprint density at radius 1 is 1.39 bits per heavy atom. The van der Waals surface area contributed by atoms with Crippen LogP contribution in [0.1, 0.15) is 29.8 Å². The second kappa shape index (κ2) is 5.10. The van der Waals surface area contributed by atoms with Crippen LogP contribution in [0.3, 0.4) is 0 Å². The number of hydrogen-bond donors (Lipinski definition) is 2. The monoisotopic (exact) mass is 261 g/mol. The van der Waals surface area contributed by atoms with E-state index in [4.69, 9.17) is 22.7 Å². The van der Waals surface area contributed by atoms with Gasteiger partial charge in [0.05, 0.1) is 11.4 Å². The highest BCUT2D eigenvalue weighted by molar-refractivity contribution is 6.29. The fraction of sp³-hybridized carbons (Fsp3) is 0.167. The number of pyridine rings is 1. The molecule has 2 rings (SSSR count). The highest BCUT2D eigenvalue weighted by Gasteiger charge is 2.13. The van der Waals surface area contributed by atoms with Crippen LogP contribution in [0, 0.1) is 5.41 Å². The van der Waals surface area contributed by atoms with Crippen LogP contribution in [-0.4, -0.2) is 20.8 Å². The van der Waals surface area contributed by atoms with Crippen molar-refractivity contribution in [3.8, 4) is 0 Å². The van der Waals surface area contributed by atoms with E-state index in [2.05, 4.69) is 15.0 Å². The molecule has 1 unspecified atom stereocenters. The van der Waals surface area contributed by atoms with E-state index in [0.29, 0.717) is 10.7 Å². The van der Waals surface area contributed by atoms with Gasteiger partial charge in [0.15, 0.2) is 0 Å². The maximum Gasteiger partial charge on any atom is 0.130 e. The largest absolute Gasteiger partial charge is 0.384 e. The quantitative estimate of drug-likeness (QED) is 0.502. The molecule has 0 radical (unpaired) electrons. The zero-order valence-corrected chi connectivity index (χ0v) is 10.5. The minimum atomic E-state index is -0.0372. The Hall–Kier alpha value is -2.01. The molecule has 2 aromatic heterocycles. The molecule has 0 aliphatic heterocycles. The Labute approximate surface area is 110 Å². The SMILES string of the molecule is CC(c1ccncn1)c1cc(C(=N)N)cc(Cl)n1. The van der Waals surface area contributed by atoms with Gasteiger partial charge in [0.2, 0.25) is 0 Å². The summed E-state index contributed by atoms with van der Waals surface area (Å²) in [6.45, 7) is 1.96. The van der Waals surface area contributed by atoms with Gasteiger partial charge >= 0.3 is 0 Å². The standard InChI is InChI=1S/C12H12ClN5/c1-7(9-2-3-16-6-17-9)10-4-8(12(14)15)5-11(13)18-10/h2-7H,1H3,(H3,14,15). The smallest absolute Gasteiger partial charge is 0.130 e. The van der Waals surface area contributed by atoms with Crippen molar-refractivity contribution in [1.82, 2.24) is 15.0 Å². The lowest BCUT2D eigenvalue weighted by Crippen LogP contribution is -2.13. The van der Waals surface area contributed by atoms with Crippen molar-refractivity contribution in [1.29, 1.82) is 5.41 Å². The highest BCUT2D eigenvalue weighted by Crippen LogP contribution is 2.22. The van der Waals surface area contributed by atoms with Crippen LogP contribution in [-0.2, 0) is 0 Å². The minimum Gasteiger partial charge on any atom is -0.384 e. The lowest BCUT2D eigenvalue weighted by molar-refractivity contribution is 0.823. The van der Waals surface area contributed by atoms with E-state index in [9.17, 15) is 0 Å². The first-order valence-corrected chi connectivity index (χ1v) is 5.73. The van der Waals surface area contributed by atoms with Gasteiger partial charge in [0.25, 0.3) is 0 Å². The summed E-state index contributed by atoms with van der Waals surface area (Å²) in [5, 5.41) is 7.76. The second-order valence-electron chi connectivity index (χ2n) is 3.87. The van der Waals surface area contributed by atoms with Crippen molar-refractivity contribution in [2.75, 3.05) is 0 Å². The maximum absolute atomic E-state index is 7.44. The molecule has 0 aliphatic rings. The number of nitrogens with zero attached hydrogens (tertiary/aromatic N) is 3. The lowest BCUT2D eigenvalue weighted by atomic mass is 10.0. The van der Waals surface area contributed by atoms with Crippen molar-refractivity contribution in [3.05, 3.63) is 52.8 Å². The molecule has 1 atom stereocenters. The third-order valence-corrected chi connectivity index (χ3v) is 2.81. The van der Waals surface area contributed by atoms with Gasteiger partial charge in [-0.2, -0.15) is 0 Å². The number of nitrogens with two attached hydrogens (primary N) is 1. The normalized spacial score (nSPS) is 12.1. The first-order valence-electron chi connectivity index (χ1n) is 5.35. The number of hydrogen-bond acceptors (Lipinski definition) is 4. The fourth-order valence-electron chi connectivity index (χ4n) is 1.60. The molecule has 0 bridgehead atoms. The van der Waals surface area contributed by atoms with Crippen LogP contribution >= 0.6 is 11.6 Å². The summed E-state index contributed by atoms with van der Waals surface area (Å²) in [6.07, 6.45) is 3.16. The summed E-state index contributed by atoms with van der Waals surface area (Å²) in [5.41, 5.74) is 7.59. The van der Waals surface area contributed by atoms with Crippen molar-refractivity contribution >= 4 is 17.4 Å². The van der Waals surface area contributed by atoms with Gasteiger partial charge in [-0.05, 0) is 18.2 Å². The zero-order valence-electron chi connectivity index (χ0n) is 9.76. The second-order valence-corrected chi connectivity index (χ2v) is 4.26. The third-order valence-electron chi connectivity index (χ3n) is 2.62. The molecule has 0 amide bonds. The Morgan fingerprint density at radius 2 is 2.17 bits per heavy atom. The number of rotatable bonds is 3. The predicted octanol–water partition coefficient (Wildman–Crippen LogP) is 1.96. The van der Waals surface area contributed by atoms with Crippen LogP contribution in [0.15, 0.2) is 30.7 Å². The summed E-state index contributed by atoms with van der Waals surface area (Å²) in [5.74, 6) is -0.0692. The Balaban J connectivity index is 2.42. The summed E-state index contributed by atoms with van der Waals surface area (Å²) in [6, 6.07) is 5.14. The molecule has 0 saturated carbocycles. The van der Waals surface area contributed by atoms with E-state index < -0.39 is 0 Å². The molecule has 18 heavy (non-hydrogen) atoms. The molecule has 2 aromatic rings. The van der Waals surface area contributed by atoms with Gasteiger partial charge in [0, 0.05) is 17.7 Å². The number of nitrogens with one attached hydrogen (secondary N) is 1. The van der Waals surface area contributed by atoms with Gasteiger partial charge in [-0.15, -0.1) is 0 Å². The Morgan fingerprint density at radius 3 is 2.78 bits per heavy atom. The van der Waals surface area contributed by atoms with E-state index in [0.717, 1.165) is 11.4 Å². The van der Waals surface area contributed by atoms with Gasteiger partial charge in [-0.1, -0.05) is 18.5 Å². The average Bonchev–Trinajstić information content (AvgIpc) is 2.38. The highest BCUT2D eigenvalue weighted by atomic mass is 35.5. The first-order chi connectivity index (χ1) is 8.58. The van der Waals surface area contributed by atoms with Crippen LogP contribution in [0.4, 0.5) is 0 Å². The van der Waals surface area contributed by atoms with Gasteiger partial charge in [0.1, 0.15) is 17.3 Å². The molecule has 2 heterocycles. The van der Waals surface area contributed by atoms with E-state index in [-0.39, 0.29) is 11.8 Å². The molecule has 5 nitrogen and oxygen atoms in total. The zero-order chi connectivity index (χ0) is 13.1. The van der Waals surface area contributed by atoms with Crippen LogP contribution in [0.5, 0.6) is 0 Å². The fourth-order valence-corrected chi connectivity index (χ4v) is 1.82. The molecule has 0 saturated heterocycles. The number of amidine groups is 1. The van der Waals surface area contributed by atoms with E-state index in [1.807, 2.05) is 13.0 Å². The molecule has 3 N–H and O–H groups in total. The number of nitrogen functional groups attached to an aromatic ring is 1. The summed E-state index contributed by atoms with van der Waals surface area (Å²) >= 11 is 5.93. The van der Waals surface area contributed by atoms with Crippen molar-refractivity contribution in [3.63, 3.8) is 0 Å². The molecule has 6 heteroatoms. The molecule has 92 valence electrons. The molecule has 0 aliphatic carbocycles. The van der Waals surface area contributed by atoms with Gasteiger partial charge in [-0.25, -0.2) is 15.0 Å². The van der Waals surface area contributed by atoms with Crippen molar-refractivity contribution in [2.45, 2.75) is 12.8 Å². The number of halogens is 1. The maximum atomic E-state index is 7.44. The molecular formula is C12H12ClN5. The molecule has 0 fully saturated rings. The van der Waals surface area contributed by atoms with Gasteiger partial charge < -0.3 is 5.73 Å². The van der Waals surface area contributed by atoms with Gasteiger partial charge in [-0.3, -0.25) is 5.41 Å². The minimum absolute atomic E-state index is 0.0320. The van der Waals surface area contributed by atoms with Crippen LogP contribution in [0.2, 0.25) is 5.15 Å². The van der Waals surface area contributed by atoms with E-state index >= 15 is 0 Å². The molecule has 0 aromatic carbocycles. The number of aromatic nitrogens is 3. The summed E-state index contributed by atoms with van der Waals surface area (Å²) in [4.78, 5) is 12.3. The first kappa shape index (κ1) is 12.4. The van der Waals surface area contributed by atoms with Crippen molar-refractivity contribution in [2.24, 2.45) is 5.73 Å². The Kier molecular flexibility index (Phi) is 3.53. The van der Waals surface area contributed by atoms with E-state index in [1.54, 1.807) is 18.3 Å². The van der Waals surface area contributed by atoms with E-state index in [1.165, 1.54) is 6.33 Å². The summed E-state index contributed by atoms with van der Waals surface area (Å²) < 4.78 is 0. The van der Waals surface area contributed by atoms with Crippen molar-refractivity contribution < 1.29 is 0 Å². The lowest BCUT2D eigenvalue weighted by Gasteiger charge is -2.11. The average molecular weight is 262 g/mol. The third kappa shape index (κ3) is 2.62. The predicted molar refractivity (Wildman–Crippen MR) is 69.8 cm³/mol. The van der Waals surface area contributed by atoms with Crippen LogP contribution < -0.4 is 5.73 Å². The van der Waals surface area contributed by atoms with Crippen LogP contribution in [0.25, 0.3) is 0 Å². The molecular weight excluding hydrogens is 250 g/mol. The Bertz CT molecular complexity index is 570. The summed E-state index contributed by atoms with van der Waals surface area (Å²) in [7, 11) is 0. The topological polar surface area (TPSA) is 88.5 Å².